The molecule has 0 saturated heterocycles. The van der Waals surface area contributed by atoms with Gasteiger partial charge in [0.1, 0.15) is 17.0 Å². The van der Waals surface area contributed by atoms with Crippen LogP contribution in [0.3, 0.4) is 0 Å². The van der Waals surface area contributed by atoms with Crippen molar-refractivity contribution in [2.75, 3.05) is 12.4 Å². The lowest BCUT2D eigenvalue weighted by atomic mass is 10.1. The highest BCUT2D eigenvalue weighted by Gasteiger charge is 2.23. The standard InChI is InChI=1S/C22H19N5O4/c1-13-18(19(26-31-13)14-7-5-4-6-8-14)21(29)25-20-22(30-3)24-16(11-23-20)15-9-10-17(28)27(2)12-15/h4-12H,1-3H3,(H,23,25,29). The van der Waals surface area contributed by atoms with Gasteiger partial charge in [-0.15, -0.1) is 0 Å². The summed E-state index contributed by atoms with van der Waals surface area (Å²) in [5.74, 6) is 0.223. The molecule has 156 valence electrons. The number of rotatable bonds is 5. The summed E-state index contributed by atoms with van der Waals surface area (Å²) in [5.41, 5.74) is 2.54. The van der Waals surface area contributed by atoms with Gasteiger partial charge in [-0.2, -0.15) is 0 Å². The first-order valence-corrected chi connectivity index (χ1v) is 9.39. The van der Waals surface area contributed by atoms with E-state index in [1.165, 1.54) is 23.9 Å². The predicted molar refractivity (Wildman–Crippen MR) is 114 cm³/mol. The Morgan fingerprint density at radius 1 is 1.13 bits per heavy atom. The third kappa shape index (κ3) is 3.93. The van der Waals surface area contributed by atoms with Crippen LogP contribution in [0.25, 0.3) is 22.5 Å². The van der Waals surface area contributed by atoms with Crippen molar-refractivity contribution in [3.05, 3.63) is 76.5 Å². The molecule has 4 aromatic rings. The maximum Gasteiger partial charge on any atom is 0.262 e. The number of carbonyl (C=O) groups is 1. The fraction of sp³-hybridized carbons (Fsp3) is 0.136. The highest BCUT2D eigenvalue weighted by Crippen LogP contribution is 2.28. The van der Waals surface area contributed by atoms with Gasteiger partial charge < -0.3 is 19.1 Å². The van der Waals surface area contributed by atoms with Crippen LogP contribution in [0.4, 0.5) is 5.82 Å². The molecule has 1 aromatic carbocycles. The fourth-order valence-electron chi connectivity index (χ4n) is 3.09. The first-order valence-electron chi connectivity index (χ1n) is 9.39. The van der Waals surface area contributed by atoms with Crippen LogP contribution < -0.4 is 15.6 Å². The molecular weight excluding hydrogens is 398 g/mol. The van der Waals surface area contributed by atoms with E-state index < -0.39 is 5.91 Å². The summed E-state index contributed by atoms with van der Waals surface area (Å²) in [7, 11) is 3.08. The van der Waals surface area contributed by atoms with Gasteiger partial charge in [0, 0.05) is 30.4 Å². The van der Waals surface area contributed by atoms with Crippen LogP contribution in [0.15, 0.2) is 64.2 Å². The predicted octanol–water partition coefficient (Wildman–Crippen LogP) is 3.07. The smallest absolute Gasteiger partial charge is 0.262 e. The minimum Gasteiger partial charge on any atom is -0.478 e. The molecule has 31 heavy (non-hydrogen) atoms. The molecule has 0 fully saturated rings. The Morgan fingerprint density at radius 3 is 2.61 bits per heavy atom. The van der Waals surface area contributed by atoms with Crippen molar-refractivity contribution < 1.29 is 14.1 Å². The quantitative estimate of drug-likeness (QED) is 0.531. The van der Waals surface area contributed by atoms with E-state index in [-0.39, 0.29) is 17.3 Å². The molecule has 0 radical (unpaired) electrons. The van der Waals surface area contributed by atoms with Crippen molar-refractivity contribution in [2.24, 2.45) is 7.05 Å². The van der Waals surface area contributed by atoms with Gasteiger partial charge in [-0.3, -0.25) is 9.59 Å². The second-order valence-corrected chi connectivity index (χ2v) is 6.76. The van der Waals surface area contributed by atoms with E-state index in [0.717, 1.165) is 5.56 Å². The number of hydrogen-bond acceptors (Lipinski definition) is 7. The molecule has 1 amide bonds. The Balaban J connectivity index is 1.66. The van der Waals surface area contributed by atoms with Crippen molar-refractivity contribution >= 4 is 11.7 Å². The van der Waals surface area contributed by atoms with Gasteiger partial charge in [0.25, 0.3) is 11.8 Å². The van der Waals surface area contributed by atoms with Crippen LogP contribution in [-0.4, -0.2) is 32.7 Å². The van der Waals surface area contributed by atoms with Crippen LogP contribution in [0.1, 0.15) is 16.1 Å². The van der Waals surface area contributed by atoms with Crippen molar-refractivity contribution in [3.8, 4) is 28.4 Å². The van der Waals surface area contributed by atoms with E-state index in [2.05, 4.69) is 20.4 Å². The largest absolute Gasteiger partial charge is 0.478 e. The number of nitrogens with zero attached hydrogens (tertiary/aromatic N) is 4. The van der Waals surface area contributed by atoms with Crippen LogP contribution in [0, 0.1) is 6.92 Å². The van der Waals surface area contributed by atoms with Crippen molar-refractivity contribution in [1.29, 1.82) is 0 Å². The molecule has 9 nitrogen and oxygen atoms in total. The van der Waals surface area contributed by atoms with E-state index in [0.29, 0.717) is 28.3 Å². The molecule has 0 aliphatic heterocycles. The Morgan fingerprint density at radius 2 is 1.90 bits per heavy atom. The number of anilines is 1. The zero-order chi connectivity index (χ0) is 22.0. The summed E-state index contributed by atoms with van der Waals surface area (Å²) < 4.78 is 12.0. The zero-order valence-corrected chi connectivity index (χ0v) is 17.1. The first-order chi connectivity index (χ1) is 15.0. The number of pyridine rings is 1. The van der Waals surface area contributed by atoms with Crippen molar-refractivity contribution in [2.45, 2.75) is 6.92 Å². The molecule has 0 aliphatic carbocycles. The molecule has 3 heterocycles. The minimum absolute atomic E-state index is 0.133. The number of methoxy groups -OCH3 is 1. The summed E-state index contributed by atoms with van der Waals surface area (Å²) in [6, 6.07) is 12.4. The number of carbonyl (C=O) groups excluding carboxylic acids is 1. The molecule has 9 heteroatoms. The number of aromatic nitrogens is 4. The Labute approximate surface area is 177 Å². The van der Waals surface area contributed by atoms with Gasteiger partial charge in [0.15, 0.2) is 5.82 Å². The molecule has 1 N–H and O–H groups in total. The summed E-state index contributed by atoms with van der Waals surface area (Å²) in [4.78, 5) is 33.4. The average Bonchev–Trinajstić information content (AvgIpc) is 3.18. The third-order valence-corrected chi connectivity index (χ3v) is 4.68. The zero-order valence-electron chi connectivity index (χ0n) is 17.1. The number of amides is 1. The van der Waals surface area contributed by atoms with Crippen LogP contribution in [0.2, 0.25) is 0 Å². The normalized spacial score (nSPS) is 10.7. The lowest BCUT2D eigenvalue weighted by molar-refractivity contribution is 0.102. The third-order valence-electron chi connectivity index (χ3n) is 4.68. The molecule has 3 aromatic heterocycles. The molecule has 0 spiro atoms. The summed E-state index contributed by atoms with van der Waals surface area (Å²) in [5, 5.41) is 6.75. The summed E-state index contributed by atoms with van der Waals surface area (Å²) in [6.07, 6.45) is 3.15. The highest BCUT2D eigenvalue weighted by atomic mass is 16.5. The summed E-state index contributed by atoms with van der Waals surface area (Å²) >= 11 is 0. The number of nitrogens with one attached hydrogen (secondary N) is 1. The van der Waals surface area contributed by atoms with Gasteiger partial charge in [0.2, 0.25) is 5.56 Å². The molecule has 0 atom stereocenters. The first kappa shape index (κ1) is 20.0. The molecule has 0 saturated carbocycles. The van der Waals surface area contributed by atoms with Gasteiger partial charge in [-0.25, -0.2) is 9.97 Å². The van der Waals surface area contributed by atoms with Crippen molar-refractivity contribution in [1.82, 2.24) is 19.7 Å². The van der Waals surface area contributed by atoms with Crippen LogP contribution >= 0.6 is 0 Å². The van der Waals surface area contributed by atoms with Crippen LogP contribution in [0.5, 0.6) is 5.88 Å². The molecule has 4 rings (SSSR count). The molecule has 0 bridgehead atoms. The summed E-state index contributed by atoms with van der Waals surface area (Å²) in [6.45, 7) is 1.67. The average molecular weight is 417 g/mol. The molecular formula is C22H19N5O4. The maximum atomic E-state index is 13.0. The molecule has 0 unspecified atom stereocenters. The van der Waals surface area contributed by atoms with E-state index in [4.69, 9.17) is 9.26 Å². The van der Waals surface area contributed by atoms with E-state index >= 15 is 0 Å². The topological polar surface area (TPSA) is 112 Å². The van der Waals surface area contributed by atoms with Gasteiger partial charge >= 0.3 is 0 Å². The lowest BCUT2D eigenvalue weighted by Crippen LogP contribution is -2.16. The fourth-order valence-corrected chi connectivity index (χ4v) is 3.09. The number of hydrogen-bond donors (Lipinski definition) is 1. The van der Waals surface area contributed by atoms with Gasteiger partial charge in [-0.1, -0.05) is 35.5 Å². The number of benzene rings is 1. The Hall–Kier alpha value is -4.27. The van der Waals surface area contributed by atoms with Gasteiger partial charge in [0.05, 0.1) is 19.0 Å². The van der Waals surface area contributed by atoms with E-state index in [9.17, 15) is 9.59 Å². The monoisotopic (exact) mass is 417 g/mol. The number of ether oxygens (including phenoxy) is 1. The van der Waals surface area contributed by atoms with Crippen LogP contribution in [-0.2, 0) is 7.05 Å². The Kier molecular flexibility index (Phi) is 5.31. The van der Waals surface area contributed by atoms with Crippen molar-refractivity contribution in [3.63, 3.8) is 0 Å². The van der Waals surface area contributed by atoms with E-state index in [1.54, 1.807) is 26.2 Å². The van der Waals surface area contributed by atoms with E-state index in [1.807, 2.05) is 30.3 Å². The Bertz CT molecular complexity index is 1310. The molecule has 0 aliphatic rings. The highest BCUT2D eigenvalue weighted by molar-refractivity contribution is 6.08. The maximum absolute atomic E-state index is 13.0. The second kappa shape index (κ2) is 8.23. The van der Waals surface area contributed by atoms with Gasteiger partial charge in [-0.05, 0) is 13.0 Å². The SMILES string of the molecule is COc1nc(-c2ccc(=O)n(C)c2)cnc1NC(=O)c1c(-c2ccccc2)noc1C. The minimum atomic E-state index is -0.444. The second-order valence-electron chi connectivity index (χ2n) is 6.76. The lowest BCUT2D eigenvalue weighted by Gasteiger charge is -2.10. The number of aryl methyl sites for hydroxylation is 2.